The zero-order valence-electron chi connectivity index (χ0n) is 11.5. The minimum Gasteiger partial charge on any atom is -0.396 e. The van der Waals surface area contributed by atoms with Crippen LogP contribution >= 0.6 is 23.2 Å². The molecule has 23 heavy (non-hydrogen) atoms. The molecule has 0 fully saturated rings. The molecular weight excluding hydrogens is 345 g/mol. The first-order valence-corrected chi connectivity index (χ1v) is 7.27. The number of para-hydroxylation sites is 1. The van der Waals surface area contributed by atoms with Crippen LogP contribution in [-0.4, -0.2) is 9.97 Å². The van der Waals surface area contributed by atoms with E-state index in [-0.39, 0.29) is 21.6 Å². The van der Waals surface area contributed by atoms with Crippen LogP contribution in [0.1, 0.15) is 12.2 Å². The van der Waals surface area contributed by atoms with Gasteiger partial charge in [0.15, 0.2) is 5.82 Å². The lowest BCUT2D eigenvalue weighted by atomic mass is 10.2. The number of hydrogen-bond donors (Lipinski definition) is 2. The number of nitrogens with two attached hydrogens (primary N) is 1. The molecule has 4 nitrogen and oxygen atoms in total. The highest BCUT2D eigenvalue weighted by molar-refractivity contribution is 6.39. The lowest BCUT2D eigenvalue weighted by Gasteiger charge is -2.12. The summed E-state index contributed by atoms with van der Waals surface area (Å²) < 4.78 is 26.0. The average Bonchev–Trinajstić information content (AvgIpc) is 2.52. The molecule has 118 valence electrons. The molecule has 0 aliphatic heterocycles. The van der Waals surface area contributed by atoms with Crippen molar-refractivity contribution in [1.29, 1.82) is 0 Å². The molecule has 0 unspecified atom stereocenters. The fraction of sp³-hybridized carbons (Fsp3) is 0.0667. The van der Waals surface area contributed by atoms with E-state index in [2.05, 4.69) is 15.3 Å². The van der Waals surface area contributed by atoms with E-state index in [1.54, 1.807) is 36.4 Å². The Morgan fingerprint density at radius 2 is 1.70 bits per heavy atom. The fourth-order valence-corrected chi connectivity index (χ4v) is 2.57. The highest BCUT2D eigenvalue weighted by atomic mass is 35.5. The number of fused-ring (bicyclic) bond motifs is 1. The van der Waals surface area contributed by atoms with Crippen molar-refractivity contribution < 1.29 is 8.78 Å². The highest BCUT2D eigenvalue weighted by Crippen LogP contribution is 2.33. The predicted octanol–water partition coefficient (Wildman–Crippen LogP) is 5.20. The van der Waals surface area contributed by atoms with Crippen molar-refractivity contribution in [2.75, 3.05) is 11.1 Å². The summed E-state index contributed by atoms with van der Waals surface area (Å²) in [5, 5.41) is 4.05. The molecule has 0 aliphatic rings. The second-order valence-electron chi connectivity index (χ2n) is 4.73. The summed E-state index contributed by atoms with van der Waals surface area (Å²) in [7, 11) is 0. The number of hydrogen-bond acceptors (Lipinski definition) is 4. The van der Waals surface area contributed by atoms with Crippen LogP contribution in [0.4, 0.5) is 26.0 Å². The summed E-state index contributed by atoms with van der Waals surface area (Å²) in [5.74, 6) is -0.318. The first kappa shape index (κ1) is 15.7. The molecule has 0 saturated carbocycles. The Morgan fingerprint density at radius 1 is 1.04 bits per heavy atom. The molecule has 0 saturated heterocycles. The predicted molar refractivity (Wildman–Crippen MR) is 88.7 cm³/mol. The van der Waals surface area contributed by atoms with Gasteiger partial charge in [-0.3, -0.25) is 0 Å². The summed E-state index contributed by atoms with van der Waals surface area (Å²) in [5.41, 5.74) is 6.83. The number of nitrogens with zero attached hydrogens (tertiary/aromatic N) is 2. The van der Waals surface area contributed by atoms with Gasteiger partial charge in [0.1, 0.15) is 5.82 Å². The van der Waals surface area contributed by atoms with Crippen LogP contribution in [0.2, 0.25) is 10.0 Å². The Bertz CT molecular complexity index is 863. The Kier molecular flexibility index (Phi) is 4.19. The number of nitrogens with one attached hydrogen (secondary N) is 1. The average molecular weight is 355 g/mol. The van der Waals surface area contributed by atoms with Gasteiger partial charge in [0.25, 0.3) is 6.43 Å². The van der Waals surface area contributed by atoms with Gasteiger partial charge in [-0.15, -0.1) is 0 Å². The van der Waals surface area contributed by atoms with Gasteiger partial charge in [-0.2, -0.15) is 0 Å². The Hall–Kier alpha value is -2.18. The molecule has 0 radical (unpaired) electrons. The van der Waals surface area contributed by atoms with Crippen LogP contribution in [0.15, 0.2) is 36.4 Å². The molecule has 2 aromatic carbocycles. The van der Waals surface area contributed by atoms with Crippen LogP contribution in [0.5, 0.6) is 0 Å². The minimum atomic E-state index is -2.78. The van der Waals surface area contributed by atoms with E-state index < -0.39 is 12.2 Å². The largest absolute Gasteiger partial charge is 0.396 e. The van der Waals surface area contributed by atoms with Gasteiger partial charge in [-0.05, 0) is 24.3 Å². The van der Waals surface area contributed by atoms with Crippen LogP contribution in [0, 0.1) is 0 Å². The zero-order chi connectivity index (χ0) is 16.6. The maximum atomic E-state index is 13.0. The second-order valence-corrected chi connectivity index (χ2v) is 5.54. The van der Waals surface area contributed by atoms with E-state index in [1.807, 2.05) is 0 Å². The summed E-state index contributed by atoms with van der Waals surface area (Å²) in [6, 6.07) is 9.93. The molecule has 3 aromatic rings. The molecule has 3 N–H and O–H groups in total. The number of benzene rings is 2. The van der Waals surface area contributed by atoms with Gasteiger partial charge >= 0.3 is 0 Å². The first-order chi connectivity index (χ1) is 11.0. The molecule has 0 atom stereocenters. The quantitative estimate of drug-likeness (QED) is 0.634. The van der Waals surface area contributed by atoms with Crippen LogP contribution in [0.25, 0.3) is 10.9 Å². The topological polar surface area (TPSA) is 63.8 Å². The van der Waals surface area contributed by atoms with Crippen molar-refractivity contribution in [1.82, 2.24) is 9.97 Å². The number of anilines is 3. The van der Waals surface area contributed by atoms with Crippen molar-refractivity contribution in [2.24, 2.45) is 0 Å². The molecule has 8 heteroatoms. The normalized spacial score (nSPS) is 11.2. The minimum absolute atomic E-state index is 0.239. The standard InChI is InChI=1S/C15H10Cl2F2N4/c16-9-5-7(6-10(17)12(9)20)21-14-8-3-1-2-4-11(8)22-15(23-14)13(18)19/h1-6,13H,20H2,(H,21,22,23). The van der Waals surface area contributed by atoms with Gasteiger partial charge in [0.2, 0.25) is 0 Å². The third-order valence-corrected chi connectivity index (χ3v) is 3.78. The highest BCUT2D eigenvalue weighted by Gasteiger charge is 2.15. The van der Waals surface area contributed by atoms with Crippen molar-refractivity contribution in [3.8, 4) is 0 Å². The van der Waals surface area contributed by atoms with E-state index in [4.69, 9.17) is 28.9 Å². The molecule has 0 spiro atoms. The molecule has 3 rings (SSSR count). The van der Waals surface area contributed by atoms with Crippen LogP contribution in [-0.2, 0) is 0 Å². The Balaban J connectivity index is 2.12. The van der Waals surface area contributed by atoms with Crippen LogP contribution in [0.3, 0.4) is 0 Å². The monoisotopic (exact) mass is 354 g/mol. The molecule has 1 heterocycles. The van der Waals surface area contributed by atoms with Gasteiger partial charge in [0.05, 0.1) is 21.2 Å². The Morgan fingerprint density at radius 3 is 2.35 bits per heavy atom. The maximum absolute atomic E-state index is 13.0. The zero-order valence-corrected chi connectivity index (χ0v) is 13.0. The van der Waals surface area contributed by atoms with Gasteiger partial charge in [-0.1, -0.05) is 35.3 Å². The third-order valence-electron chi connectivity index (χ3n) is 3.16. The van der Waals surface area contributed by atoms with Crippen LogP contribution < -0.4 is 11.1 Å². The van der Waals surface area contributed by atoms with E-state index in [0.29, 0.717) is 16.6 Å². The SMILES string of the molecule is Nc1c(Cl)cc(Nc2nc(C(F)F)nc3ccccc23)cc1Cl. The summed E-state index contributed by atoms with van der Waals surface area (Å²) in [6.45, 7) is 0. The summed E-state index contributed by atoms with van der Waals surface area (Å²) >= 11 is 12.0. The number of nitrogen functional groups attached to an aromatic ring is 1. The molecular formula is C15H10Cl2F2N4. The van der Waals surface area contributed by atoms with Gasteiger partial charge in [0, 0.05) is 11.1 Å². The lowest BCUT2D eigenvalue weighted by molar-refractivity contribution is 0.141. The molecule has 0 amide bonds. The van der Waals surface area contributed by atoms with Crippen molar-refractivity contribution >= 4 is 51.3 Å². The van der Waals surface area contributed by atoms with Gasteiger partial charge < -0.3 is 11.1 Å². The summed E-state index contributed by atoms with van der Waals surface area (Å²) in [4.78, 5) is 7.74. The summed E-state index contributed by atoms with van der Waals surface area (Å²) in [6.07, 6.45) is -2.78. The lowest BCUT2D eigenvalue weighted by Crippen LogP contribution is -2.02. The van der Waals surface area contributed by atoms with E-state index in [1.165, 1.54) is 0 Å². The molecule has 0 bridgehead atoms. The number of alkyl halides is 2. The van der Waals surface area contributed by atoms with E-state index in [9.17, 15) is 8.78 Å². The van der Waals surface area contributed by atoms with Crippen molar-refractivity contribution in [2.45, 2.75) is 6.43 Å². The fourth-order valence-electron chi connectivity index (χ4n) is 2.08. The van der Waals surface area contributed by atoms with Gasteiger partial charge in [-0.25, -0.2) is 18.7 Å². The molecule has 0 aliphatic carbocycles. The van der Waals surface area contributed by atoms with E-state index >= 15 is 0 Å². The number of aromatic nitrogens is 2. The smallest absolute Gasteiger partial charge is 0.297 e. The number of halogens is 4. The van der Waals surface area contributed by atoms with E-state index in [0.717, 1.165) is 0 Å². The Labute approximate surface area is 140 Å². The first-order valence-electron chi connectivity index (χ1n) is 6.52. The van der Waals surface area contributed by atoms with Crippen molar-refractivity contribution in [3.05, 3.63) is 52.3 Å². The maximum Gasteiger partial charge on any atom is 0.297 e. The second kappa shape index (κ2) is 6.14. The van der Waals surface area contributed by atoms with Crippen molar-refractivity contribution in [3.63, 3.8) is 0 Å². The number of rotatable bonds is 3. The molecule has 1 aromatic heterocycles. The third kappa shape index (κ3) is 3.13.